The van der Waals surface area contributed by atoms with Crippen LogP contribution in [0.4, 0.5) is 16.2 Å². The number of benzene rings is 1. The number of hydrogen-bond donors (Lipinski definition) is 2. The Balaban J connectivity index is 1.82. The molecule has 9 heteroatoms. The largest absolute Gasteiger partial charge is 0.454 e. The summed E-state index contributed by atoms with van der Waals surface area (Å²) in [6.07, 6.45) is 0.401. The lowest BCUT2D eigenvalue weighted by Gasteiger charge is -2.18. The summed E-state index contributed by atoms with van der Waals surface area (Å²) in [5.74, 6) is -1.84. The van der Waals surface area contributed by atoms with Crippen LogP contribution in [0.3, 0.4) is 0 Å². The second-order valence-corrected chi connectivity index (χ2v) is 6.66. The summed E-state index contributed by atoms with van der Waals surface area (Å²) in [7, 11) is 3.81. The van der Waals surface area contributed by atoms with Crippen LogP contribution in [0.2, 0.25) is 0 Å². The smallest absolute Gasteiger partial charge is 0.326 e. The number of nitrogens with zero attached hydrogens (tertiary/aromatic N) is 2. The molecule has 1 saturated heterocycles. The summed E-state index contributed by atoms with van der Waals surface area (Å²) in [5.41, 5.74) is 0.523. The number of carbonyl (C=O) groups excluding carboxylic acids is 4. The third-order valence-electron chi connectivity index (χ3n) is 4.37. The number of anilines is 2. The van der Waals surface area contributed by atoms with Gasteiger partial charge in [-0.2, -0.15) is 0 Å². The summed E-state index contributed by atoms with van der Waals surface area (Å²) in [6.45, 7) is 2.30. The van der Waals surface area contributed by atoms with E-state index in [4.69, 9.17) is 4.74 Å². The number of urea groups is 1. The van der Waals surface area contributed by atoms with Gasteiger partial charge in [-0.3, -0.25) is 19.3 Å². The van der Waals surface area contributed by atoms with Gasteiger partial charge >= 0.3 is 12.0 Å². The van der Waals surface area contributed by atoms with Gasteiger partial charge in [0.1, 0.15) is 12.1 Å². The van der Waals surface area contributed by atoms with Gasteiger partial charge in [-0.25, -0.2) is 4.79 Å². The van der Waals surface area contributed by atoms with E-state index < -0.39 is 42.5 Å². The third-order valence-corrected chi connectivity index (χ3v) is 4.37. The van der Waals surface area contributed by atoms with Crippen LogP contribution in [0.5, 0.6) is 0 Å². The Morgan fingerprint density at radius 2 is 1.85 bits per heavy atom. The van der Waals surface area contributed by atoms with Gasteiger partial charge in [0.15, 0.2) is 6.61 Å². The minimum absolute atomic E-state index is 0.401. The predicted octanol–water partition coefficient (Wildman–Crippen LogP) is 0.955. The van der Waals surface area contributed by atoms with E-state index in [1.54, 1.807) is 26.0 Å². The molecule has 9 nitrogen and oxygen atoms in total. The highest BCUT2D eigenvalue weighted by Crippen LogP contribution is 2.20. The highest BCUT2D eigenvalue weighted by Gasteiger charge is 2.47. The predicted molar refractivity (Wildman–Crippen MR) is 99.3 cm³/mol. The van der Waals surface area contributed by atoms with Gasteiger partial charge in [-0.05, 0) is 37.6 Å². The van der Waals surface area contributed by atoms with Crippen LogP contribution in [0.25, 0.3) is 0 Å². The number of rotatable bonds is 7. The molecule has 2 rings (SSSR count). The molecule has 0 radical (unpaired) electrons. The summed E-state index contributed by atoms with van der Waals surface area (Å²) >= 11 is 0. The van der Waals surface area contributed by atoms with Crippen molar-refractivity contribution in [2.75, 3.05) is 37.5 Å². The van der Waals surface area contributed by atoms with Crippen LogP contribution < -0.4 is 15.5 Å². The summed E-state index contributed by atoms with van der Waals surface area (Å²) in [6, 6.07) is 6.49. The van der Waals surface area contributed by atoms with Crippen molar-refractivity contribution < 1.29 is 23.9 Å². The number of ether oxygens (including phenoxy) is 1. The number of hydrogen-bond acceptors (Lipinski definition) is 6. The van der Waals surface area contributed by atoms with Crippen LogP contribution in [-0.4, -0.2) is 61.5 Å². The maximum absolute atomic E-state index is 12.2. The first-order valence-electron chi connectivity index (χ1n) is 8.53. The lowest BCUT2D eigenvalue weighted by molar-refractivity contribution is -0.150. The zero-order chi connectivity index (χ0) is 20.2. The Morgan fingerprint density at radius 1 is 1.22 bits per heavy atom. The molecule has 1 heterocycles. The van der Waals surface area contributed by atoms with Gasteiger partial charge in [-0.15, -0.1) is 0 Å². The van der Waals surface area contributed by atoms with Crippen LogP contribution in [0.15, 0.2) is 24.3 Å². The topological polar surface area (TPSA) is 108 Å². The van der Waals surface area contributed by atoms with Crippen LogP contribution in [-0.2, 0) is 19.1 Å². The number of esters is 1. The lowest BCUT2D eigenvalue weighted by Crippen LogP contribution is -2.43. The Bertz CT molecular complexity index is 747. The zero-order valence-electron chi connectivity index (χ0n) is 15.9. The number of imide groups is 1. The molecule has 1 fully saturated rings. The fraction of sp³-hybridized carbons (Fsp3) is 0.444. The molecule has 1 aromatic rings. The molecule has 1 aliphatic heterocycles. The van der Waals surface area contributed by atoms with E-state index in [1.165, 1.54) is 0 Å². The number of carbonyl (C=O) groups is 4. The van der Waals surface area contributed by atoms with Crippen molar-refractivity contribution in [2.45, 2.75) is 25.8 Å². The van der Waals surface area contributed by atoms with E-state index in [1.807, 2.05) is 31.1 Å². The summed E-state index contributed by atoms with van der Waals surface area (Å²) < 4.78 is 4.87. The van der Waals surface area contributed by atoms with Crippen molar-refractivity contribution >= 4 is 35.2 Å². The van der Waals surface area contributed by atoms with Gasteiger partial charge in [0, 0.05) is 25.5 Å². The first kappa shape index (κ1) is 20.2. The van der Waals surface area contributed by atoms with Gasteiger partial charge in [0.2, 0.25) is 0 Å². The molecule has 0 aromatic heterocycles. The molecule has 0 bridgehead atoms. The molecule has 1 aliphatic rings. The zero-order valence-corrected chi connectivity index (χ0v) is 15.9. The van der Waals surface area contributed by atoms with Crippen LogP contribution >= 0.6 is 0 Å². The van der Waals surface area contributed by atoms with Crippen molar-refractivity contribution in [1.82, 2.24) is 10.2 Å². The molecule has 4 amide bonds. The normalized spacial score (nSPS) is 18.9. The fourth-order valence-electron chi connectivity index (χ4n) is 2.49. The highest BCUT2D eigenvalue weighted by molar-refractivity contribution is 6.08. The number of amides is 4. The molecule has 0 saturated carbocycles. The van der Waals surface area contributed by atoms with E-state index in [-0.39, 0.29) is 0 Å². The van der Waals surface area contributed by atoms with E-state index >= 15 is 0 Å². The Hall–Kier alpha value is -3.10. The average Bonchev–Trinajstić information content (AvgIpc) is 2.84. The molecule has 2 N–H and O–H groups in total. The molecule has 0 unspecified atom stereocenters. The van der Waals surface area contributed by atoms with Gasteiger partial charge < -0.3 is 20.3 Å². The van der Waals surface area contributed by atoms with Crippen molar-refractivity contribution in [1.29, 1.82) is 0 Å². The Labute approximate surface area is 157 Å². The third kappa shape index (κ3) is 4.75. The van der Waals surface area contributed by atoms with Crippen molar-refractivity contribution in [3.05, 3.63) is 24.3 Å². The maximum Gasteiger partial charge on any atom is 0.326 e. The molecule has 27 heavy (non-hydrogen) atoms. The number of nitrogens with one attached hydrogen (secondary N) is 2. The molecule has 0 spiro atoms. The average molecular weight is 376 g/mol. The second kappa shape index (κ2) is 8.07. The summed E-state index contributed by atoms with van der Waals surface area (Å²) in [5, 5.41) is 5.14. The minimum Gasteiger partial charge on any atom is -0.454 e. The van der Waals surface area contributed by atoms with Gasteiger partial charge in [-0.1, -0.05) is 6.92 Å². The fourth-order valence-corrected chi connectivity index (χ4v) is 2.49. The van der Waals surface area contributed by atoms with Crippen LogP contribution in [0, 0.1) is 0 Å². The van der Waals surface area contributed by atoms with E-state index in [9.17, 15) is 19.2 Å². The molecule has 146 valence electrons. The van der Waals surface area contributed by atoms with Crippen molar-refractivity contribution in [2.24, 2.45) is 0 Å². The molecule has 1 atom stereocenters. The first-order valence-corrected chi connectivity index (χ1v) is 8.53. The minimum atomic E-state index is -1.02. The Morgan fingerprint density at radius 3 is 2.37 bits per heavy atom. The van der Waals surface area contributed by atoms with Crippen molar-refractivity contribution in [3.63, 3.8) is 0 Å². The highest BCUT2D eigenvalue weighted by atomic mass is 16.5. The molecular formula is C18H24N4O5. The second-order valence-electron chi connectivity index (χ2n) is 6.66. The first-order chi connectivity index (χ1) is 12.7. The van der Waals surface area contributed by atoms with Crippen LogP contribution in [0.1, 0.15) is 20.3 Å². The molecule has 1 aromatic carbocycles. The van der Waals surface area contributed by atoms with E-state index in [2.05, 4.69) is 10.6 Å². The van der Waals surface area contributed by atoms with Gasteiger partial charge in [0.05, 0.1) is 0 Å². The van der Waals surface area contributed by atoms with Gasteiger partial charge in [0.25, 0.3) is 11.8 Å². The maximum atomic E-state index is 12.2. The molecular weight excluding hydrogens is 352 g/mol. The lowest BCUT2D eigenvalue weighted by atomic mass is 9.99. The van der Waals surface area contributed by atoms with E-state index in [0.29, 0.717) is 12.1 Å². The molecule has 0 aliphatic carbocycles. The van der Waals surface area contributed by atoms with Crippen molar-refractivity contribution in [3.8, 4) is 0 Å². The quantitative estimate of drug-likeness (QED) is 0.542. The Kier molecular flexibility index (Phi) is 6.04. The SMILES string of the molecule is CC[C@]1(C)NC(=O)N(CC(=O)OCC(=O)Nc2ccc(N(C)C)cc2)C1=O. The standard InChI is InChI=1S/C18H24N4O5/c1-5-18(2)16(25)22(17(26)20-18)10-15(24)27-11-14(23)19-12-6-8-13(9-7-12)21(3)4/h6-9H,5,10-11H2,1-4H3,(H,19,23)(H,20,26)/t18-/m0/s1. The van der Waals surface area contributed by atoms with E-state index in [0.717, 1.165) is 10.6 Å². The monoisotopic (exact) mass is 376 g/mol. The summed E-state index contributed by atoms with van der Waals surface area (Å²) in [4.78, 5) is 50.6.